The Hall–Kier alpha value is -1.71. The highest BCUT2D eigenvalue weighted by Crippen LogP contribution is 2.31. The molecule has 2 fully saturated rings. The number of piperidine rings is 1. The van der Waals surface area contributed by atoms with Crippen LogP contribution in [-0.2, 0) is 10.0 Å². The van der Waals surface area contributed by atoms with Crippen LogP contribution in [0.3, 0.4) is 0 Å². The Kier molecular flexibility index (Phi) is 5.26. The Balaban J connectivity index is 1.68. The number of hydrogen-bond donors (Lipinski definition) is 1. The minimum atomic E-state index is -3.68. The number of benzene rings is 1. The van der Waals surface area contributed by atoms with Gasteiger partial charge in [-0.3, -0.25) is 10.1 Å². The fraction of sp³-hybridized carbons (Fsp3) is 0.625. The maximum atomic E-state index is 12.8. The Morgan fingerprint density at radius 3 is 2.52 bits per heavy atom. The van der Waals surface area contributed by atoms with Crippen LogP contribution in [0.2, 0.25) is 0 Å². The van der Waals surface area contributed by atoms with E-state index in [0.29, 0.717) is 19.1 Å². The monoisotopic (exact) mass is 369 g/mol. The van der Waals surface area contributed by atoms with Crippen molar-refractivity contribution in [3.63, 3.8) is 0 Å². The Labute approximate surface area is 147 Å². The molecule has 0 spiro atoms. The second kappa shape index (κ2) is 7.27. The maximum absolute atomic E-state index is 12.8. The van der Waals surface area contributed by atoms with E-state index in [1.165, 1.54) is 42.5 Å². The minimum absolute atomic E-state index is 0.0272. The first-order valence-electron chi connectivity index (χ1n) is 8.48. The molecule has 1 aliphatic heterocycles. The number of methoxy groups -OCH3 is 1. The van der Waals surface area contributed by atoms with Crippen molar-refractivity contribution < 1.29 is 18.1 Å². The van der Waals surface area contributed by atoms with Crippen molar-refractivity contribution in [2.45, 2.75) is 36.6 Å². The van der Waals surface area contributed by atoms with Crippen LogP contribution in [0.15, 0.2) is 23.1 Å². The second-order valence-corrected chi connectivity index (χ2v) is 8.56. The molecule has 0 unspecified atom stereocenters. The van der Waals surface area contributed by atoms with Crippen LogP contribution in [0.5, 0.6) is 5.75 Å². The fourth-order valence-electron chi connectivity index (χ4n) is 3.07. The molecule has 1 saturated heterocycles. The molecule has 1 aliphatic carbocycles. The highest BCUT2D eigenvalue weighted by molar-refractivity contribution is 7.89. The molecule has 0 amide bonds. The predicted molar refractivity (Wildman–Crippen MR) is 92.2 cm³/mol. The summed E-state index contributed by atoms with van der Waals surface area (Å²) in [7, 11) is -2.39. The molecular weight excluding hydrogens is 346 g/mol. The van der Waals surface area contributed by atoms with Gasteiger partial charge in [-0.2, -0.15) is 4.31 Å². The number of hydrogen-bond acceptors (Lipinski definition) is 6. The van der Waals surface area contributed by atoms with E-state index in [4.69, 9.17) is 4.74 Å². The van der Waals surface area contributed by atoms with Gasteiger partial charge in [0.1, 0.15) is 0 Å². The maximum Gasteiger partial charge on any atom is 0.310 e. The summed E-state index contributed by atoms with van der Waals surface area (Å²) in [5.74, 6) is 0.751. The molecule has 1 N–H and O–H groups in total. The molecule has 8 nitrogen and oxygen atoms in total. The molecule has 1 heterocycles. The van der Waals surface area contributed by atoms with Gasteiger partial charge in [-0.1, -0.05) is 0 Å². The molecule has 1 saturated carbocycles. The third kappa shape index (κ3) is 4.10. The first-order chi connectivity index (χ1) is 11.9. The summed E-state index contributed by atoms with van der Waals surface area (Å²) in [6, 6.07) is 4.03. The van der Waals surface area contributed by atoms with Crippen molar-refractivity contribution in [3.05, 3.63) is 28.3 Å². The van der Waals surface area contributed by atoms with Crippen LogP contribution in [0.4, 0.5) is 5.69 Å². The molecule has 2 aliphatic rings. The van der Waals surface area contributed by atoms with Crippen LogP contribution in [0.1, 0.15) is 25.7 Å². The highest BCUT2D eigenvalue weighted by Gasteiger charge is 2.31. The van der Waals surface area contributed by atoms with Gasteiger partial charge >= 0.3 is 5.69 Å². The molecule has 9 heteroatoms. The smallest absolute Gasteiger partial charge is 0.310 e. The molecule has 0 radical (unpaired) electrons. The van der Waals surface area contributed by atoms with E-state index in [2.05, 4.69) is 5.32 Å². The molecule has 138 valence electrons. The summed E-state index contributed by atoms with van der Waals surface area (Å²) >= 11 is 0. The topological polar surface area (TPSA) is 102 Å². The number of nitro benzene ring substituents is 1. The van der Waals surface area contributed by atoms with Crippen molar-refractivity contribution >= 4 is 15.7 Å². The van der Waals surface area contributed by atoms with Crippen molar-refractivity contribution in [2.24, 2.45) is 5.92 Å². The third-order valence-electron chi connectivity index (χ3n) is 4.83. The van der Waals surface area contributed by atoms with Crippen LogP contribution < -0.4 is 10.1 Å². The first-order valence-corrected chi connectivity index (χ1v) is 9.92. The van der Waals surface area contributed by atoms with Crippen molar-refractivity contribution in [3.8, 4) is 5.75 Å². The van der Waals surface area contributed by atoms with E-state index in [9.17, 15) is 18.5 Å². The molecular formula is C16H23N3O5S. The van der Waals surface area contributed by atoms with Crippen molar-refractivity contribution in [2.75, 3.05) is 26.7 Å². The van der Waals surface area contributed by atoms with E-state index in [0.717, 1.165) is 25.3 Å². The van der Waals surface area contributed by atoms with Gasteiger partial charge in [-0.05, 0) is 44.2 Å². The lowest BCUT2D eigenvalue weighted by Crippen LogP contribution is -2.45. The van der Waals surface area contributed by atoms with Crippen molar-refractivity contribution in [1.82, 2.24) is 9.62 Å². The van der Waals surface area contributed by atoms with Gasteiger partial charge in [0.15, 0.2) is 5.75 Å². The number of nitro groups is 1. The lowest BCUT2D eigenvalue weighted by molar-refractivity contribution is -0.385. The standard InChI is InChI=1S/C16H23N3O5S/c1-24-16-10-14(4-5-15(16)19(20)21)25(22,23)18-8-6-13(7-9-18)17-11-12-2-3-12/h4-5,10,12-13,17H,2-3,6-9,11H2,1H3. The lowest BCUT2D eigenvalue weighted by atomic mass is 10.1. The van der Waals surface area contributed by atoms with Crippen LogP contribution >= 0.6 is 0 Å². The zero-order valence-electron chi connectivity index (χ0n) is 14.2. The molecule has 3 rings (SSSR count). The number of ether oxygens (including phenoxy) is 1. The Morgan fingerprint density at radius 2 is 1.96 bits per heavy atom. The van der Waals surface area contributed by atoms with E-state index >= 15 is 0 Å². The van der Waals surface area contributed by atoms with Crippen molar-refractivity contribution in [1.29, 1.82) is 0 Å². The van der Waals surface area contributed by atoms with Gasteiger partial charge in [-0.25, -0.2) is 8.42 Å². The van der Waals surface area contributed by atoms with E-state index < -0.39 is 14.9 Å². The summed E-state index contributed by atoms with van der Waals surface area (Å²) in [4.78, 5) is 10.4. The van der Waals surface area contributed by atoms with Gasteiger partial charge in [0, 0.05) is 31.3 Å². The summed E-state index contributed by atoms with van der Waals surface area (Å²) in [5.41, 5.74) is -0.246. The first kappa shape index (κ1) is 18.1. The molecule has 0 atom stereocenters. The Morgan fingerprint density at radius 1 is 1.28 bits per heavy atom. The van der Waals surface area contributed by atoms with Crippen LogP contribution in [0, 0.1) is 16.0 Å². The number of nitrogens with zero attached hydrogens (tertiary/aromatic N) is 2. The molecule has 0 aromatic heterocycles. The number of sulfonamides is 1. The molecule has 25 heavy (non-hydrogen) atoms. The Bertz CT molecular complexity index is 740. The van der Waals surface area contributed by atoms with E-state index in [-0.39, 0.29) is 16.3 Å². The SMILES string of the molecule is COc1cc(S(=O)(=O)N2CCC(NCC3CC3)CC2)ccc1[N+](=O)[O-]. The quantitative estimate of drug-likeness (QED) is 0.580. The number of nitrogens with one attached hydrogen (secondary N) is 1. The van der Waals surface area contributed by atoms with Gasteiger partial charge in [0.25, 0.3) is 0 Å². The number of rotatable bonds is 7. The zero-order valence-corrected chi connectivity index (χ0v) is 15.0. The average molecular weight is 369 g/mol. The normalized spacial score (nSPS) is 19.7. The van der Waals surface area contributed by atoms with Gasteiger partial charge < -0.3 is 10.1 Å². The zero-order chi connectivity index (χ0) is 18.0. The largest absolute Gasteiger partial charge is 0.490 e. The fourth-order valence-corrected chi connectivity index (χ4v) is 4.56. The predicted octanol–water partition coefficient (Wildman–Crippen LogP) is 1.76. The average Bonchev–Trinajstić information content (AvgIpc) is 3.44. The molecule has 0 bridgehead atoms. The molecule has 1 aromatic carbocycles. The molecule has 1 aromatic rings. The van der Waals surface area contributed by atoms with Gasteiger partial charge in [0.05, 0.1) is 16.9 Å². The summed E-state index contributed by atoms with van der Waals surface area (Å²) in [6.45, 7) is 1.92. The van der Waals surface area contributed by atoms with E-state index in [1.807, 2.05) is 0 Å². The lowest BCUT2D eigenvalue weighted by Gasteiger charge is -2.31. The summed E-state index contributed by atoms with van der Waals surface area (Å²) in [5, 5.41) is 14.5. The van der Waals surface area contributed by atoms with Gasteiger partial charge in [-0.15, -0.1) is 0 Å². The van der Waals surface area contributed by atoms with Gasteiger partial charge in [0.2, 0.25) is 10.0 Å². The van der Waals surface area contributed by atoms with Crippen LogP contribution in [-0.4, -0.2) is 50.4 Å². The van der Waals surface area contributed by atoms with E-state index in [1.54, 1.807) is 0 Å². The second-order valence-electron chi connectivity index (χ2n) is 6.62. The summed E-state index contributed by atoms with van der Waals surface area (Å²) < 4.78 is 32.0. The highest BCUT2D eigenvalue weighted by atomic mass is 32.2. The van der Waals surface area contributed by atoms with Crippen LogP contribution in [0.25, 0.3) is 0 Å². The third-order valence-corrected chi connectivity index (χ3v) is 6.73. The minimum Gasteiger partial charge on any atom is -0.490 e. The summed E-state index contributed by atoms with van der Waals surface area (Å²) in [6.07, 6.45) is 4.14.